The topological polar surface area (TPSA) is 111 Å². The highest BCUT2D eigenvalue weighted by molar-refractivity contribution is 6.01. The standard InChI is InChI=1S/C53H82N2O8/c1-5-9-13-17-21-25-37-60-50(56)46-47(51(57)61-38-26-22-18-14-10-6-2)54(46)44-33-29-42(30-34-44)41-43-31-35-45(36-32-43)55-48(52(58)62-39-27-23-19-15-11-7-3)49(55)53(59)63-40-28-24-20-16-12-8-4/h29-36,46-49H,5-28,37-41H2,1-4H3/t46-,47-,48-,49+,55?/m1/s1. The van der Waals surface area contributed by atoms with E-state index in [1.54, 1.807) is 0 Å². The molecule has 0 aromatic heterocycles. The van der Waals surface area contributed by atoms with Crippen molar-refractivity contribution in [3.05, 3.63) is 59.7 Å². The molecule has 2 aliphatic rings. The predicted molar refractivity (Wildman–Crippen MR) is 253 cm³/mol. The van der Waals surface area contributed by atoms with Crippen LogP contribution >= 0.6 is 0 Å². The Hall–Kier alpha value is -4.08. The molecule has 0 unspecified atom stereocenters. The van der Waals surface area contributed by atoms with Gasteiger partial charge in [-0.3, -0.25) is 0 Å². The monoisotopic (exact) mass is 875 g/mol. The van der Waals surface area contributed by atoms with Crippen LogP contribution < -0.4 is 9.80 Å². The fourth-order valence-corrected chi connectivity index (χ4v) is 8.44. The minimum atomic E-state index is -0.689. The van der Waals surface area contributed by atoms with Crippen LogP contribution in [0.25, 0.3) is 0 Å². The summed E-state index contributed by atoms with van der Waals surface area (Å²) in [6, 6.07) is 13.2. The fourth-order valence-electron chi connectivity index (χ4n) is 8.44. The zero-order valence-corrected chi connectivity index (χ0v) is 39.6. The molecular formula is C53H82N2O8. The number of hydrogen-bond acceptors (Lipinski definition) is 10. The molecule has 2 aromatic rings. The Kier molecular flexibility index (Phi) is 24.7. The van der Waals surface area contributed by atoms with Crippen molar-refractivity contribution in [1.29, 1.82) is 0 Å². The zero-order chi connectivity index (χ0) is 45.1. The fraction of sp³-hybridized carbons (Fsp3) is 0.698. The van der Waals surface area contributed by atoms with E-state index in [9.17, 15) is 19.2 Å². The van der Waals surface area contributed by atoms with Crippen molar-refractivity contribution >= 4 is 35.3 Å². The molecule has 0 aliphatic carbocycles. The number of carbonyl (C=O) groups is 4. The summed E-state index contributed by atoms with van der Waals surface area (Å²) in [5, 5.41) is 0. The van der Waals surface area contributed by atoms with Gasteiger partial charge in [-0.2, -0.15) is 0 Å². The second kappa shape index (κ2) is 30.1. The van der Waals surface area contributed by atoms with Gasteiger partial charge in [-0.05, 0) is 67.5 Å². The molecular weight excluding hydrogens is 793 g/mol. The van der Waals surface area contributed by atoms with Gasteiger partial charge in [-0.15, -0.1) is 0 Å². The smallest absolute Gasteiger partial charge is 0.331 e. The molecule has 2 aromatic carbocycles. The van der Waals surface area contributed by atoms with E-state index in [-0.39, 0.29) is 23.9 Å². The number of hydrogen-bond donors (Lipinski definition) is 0. The van der Waals surface area contributed by atoms with Gasteiger partial charge in [0.15, 0.2) is 24.2 Å². The number of unbranched alkanes of at least 4 members (excludes halogenated alkanes) is 20. The zero-order valence-electron chi connectivity index (χ0n) is 39.6. The average molecular weight is 875 g/mol. The largest absolute Gasteiger partial charge is 0.464 e. The van der Waals surface area contributed by atoms with Crippen LogP contribution in [-0.2, 0) is 44.5 Å². The van der Waals surface area contributed by atoms with E-state index in [1.165, 1.54) is 77.0 Å². The van der Waals surface area contributed by atoms with Crippen molar-refractivity contribution < 1.29 is 38.1 Å². The Bertz CT molecular complexity index is 1410. The van der Waals surface area contributed by atoms with Gasteiger partial charge in [0.1, 0.15) is 0 Å². The van der Waals surface area contributed by atoms with Crippen molar-refractivity contribution in [1.82, 2.24) is 0 Å². The van der Waals surface area contributed by atoms with Gasteiger partial charge in [-0.25, -0.2) is 19.2 Å². The number of benzene rings is 2. The molecule has 2 saturated heterocycles. The number of rotatable bonds is 36. The van der Waals surface area contributed by atoms with E-state index in [0.29, 0.717) is 32.8 Å². The van der Waals surface area contributed by atoms with Crippen LogP contribution in [0.3, 0.4) is 0 Å². The van der Waals surface area contributed by atoms with Crippen LogP contribution in [0.2, 0.25) is 0 Å². The van der Waals surface area contributed by atoms with Crippen LogP contribution in [0.15, 0.2) is 48.5 Å². The van der Waals surface area contributed by atoms with Gasteiger partial charge in [0, 0.05) is 11.4 Å². The third-order valence-electron chi connectivity index (χ3n) is 12.4. The first-order valence-corrected chi connectivity index (χ1v) is 25.3. The Morgan fingerprint density at radius 1 is 0.349 bits per heavy atom. The molecule has 352 valence electrons. The van der Waals surface area contributed by atoms with Gasteiger partial charge in [0.2, 0.25) is 0 Å². The van der Waals surface area contributed by atoms with E-state index in [0.717, 1.165) is 99.6 Å². The Balaban J connectivity index is 1.34. The highest BCUT2D eigenvalue weighted by Crippen LogP contribution is 2.39. The lowest BCUT2D eigenvalue weighted by molar-refractivity contribution is -0.147. The molecule has 10 nitrogen and oxygen atoms in total. The summed E-state index contributed by atoms with van der Waals surface area (Å²) in [5.74, 6) is -1.49. The molecule has 4 atom stereocenters. The maximum Gasteiger partial charge on any atom is 0.331 e. The van der Waals surface area contributed by atoms with Gasteiger partial charge < -0.3 is 28.7 Å². The molecule has 0 saturated carbocycles. The van der Waals surface area contributed by atoms with Gasteiger partial charge in [-0.1, -0.05) is 180 Å². The molecule has 63 heavy (non-hydrogen) atoms. The average Bonchev–Trinajstić information content (AvgIpc) is 4.22. The van der Waals surface area contributed by atoms with E-state index < -0.39 is 24.2 Å². The SMILES string of the molecule is CCCCCCCCOC(=O)[C@@H]1[C@H](C(=O)OCCCCCCCC)N1c1ccc(Cc2ccc(N3[C@@H](C(=O)OCCCCCCCC)[C@@H]3C(=O)OCCCCCCCC)cc2)cc1. The lowest BCUT2D eigenvalue weighted by atomic mass is 10.0. The number of nitrogens with zero attached hydrogens (tertiary/aromatic N) is 2. The normalized spacial score (nSPS) is 17.7. The molecule has 2 aliphatic heterocycles. The molecule has 0 N–H and O–H groups in total. The first-order valence-electron chi connectivity index (χ1n) is 25.3. The van der Waals surface area contributed by atoms with Crippen LogP contribution in [-0.4, -0.2) is 74.5 Å². The molecule has 0 bridgehead atoms. The first-order chi connectivity index (χ1) is 30.9. The van der Waals surface area contributed by atoms with Crippen LogP contribution in [0.5, 0.6) is 0 Å². The summed E-state index contributed by atoms with van der Waals surface area (Å²) < 4.78 is 22.8. The molecule has 10 heteroatoms. The van der Waals surface area contributed by atoms with Crippen molar-refractivity contribution in [3.8, 4) is 0 Å². The third kappa shape index (κ3) is 18.1. The van der Waals surface area contributed by atoms with E-state index in [1.807, 2.05) is 58.3 Å². The number of esters is 4. The highest BCUT2D eigenvalue weighted by atomic mass is 16.6. The van der Waals surface area contributed by atoms with Gasteiger partial charge >= 0.3 is 23.9 Å². The Labute approximate surface area is 380 Å². The molecule has 4 rings (SSSR count). The summed E-state index contributed by atoms with van der Waals surface area (Å²) in [4.78, 5) is 56.8. The van der Waals surface area contributed by atoms with Crippen molar-refractivity contribution in [2.75, 3.05) is 36.2 Å². The van der Waals surface area contributed by atoms with Crippen molar-refractivity contribution in [3.63, 3.8) is 0 Å². The lowest BCUT2D eigenvalue weighted by Crippen LogP contribution is -2.21. The Morgan fingerprint density at radius 3 is 0.810 bits per heavy atom. The maximum absolute atomic E-state index is 13.3. The summed E-state index contributed by atoms with van der Waals surface area (Å²) in [6.45, 7) is 10.2. The Morgan fingerprint density at radius 2 is 0.571 bits per heavy atom. The van der Waals surface area contributed by atoms with Gasteiger partial charge in [0.25, 0.3) is 0 Å². The second-order valence-electron chi connectivity index (χ2n) is 17.8. The molecule has 0 amide bonds. The second-order valence-corrected chi connectivity index (χ2v) is 17.8. The summed E-state index contributed by atoms with van der Waals surface area (Å²) in [7, 11) is 0. The molecule has 2 fully saturated rings. The first kappa shape index (κ1) is 51.6. The van der Waals surface area contributed by atoms with Crippen LogP contribution in [0.4, 0.5) is 11.4 Å². The summed E-state index contributed by atoms with van der Waals surface area (Å²) in [5.41, 5.74) is 3.69. The highest BCUT2D eigenvalue weighted by Gasteiger charge is 2.60. The van der Waals surface area contributed by atoms with Crippen molar-refractivity contribution in [2.24, 2.45) is 0 Å². The third-order valence-corrected chi connectivity index (χ3v) is 12.4. The molecule has 0 spiro atoms. The molecule has 0 radical (unpaired) electrons. The van der Waals surface area contributed by atoms with Crippen LogP contribution in [0, 0.1) is 0 Å². The lowest BCUT2D eigenvalue weighted by Gasteiger charge is -2.10. The van der Waals surface area contributed by atoms with E-state index in [2.05, 4.69) is 27.7 Å². The van der Waals surface area contributed by atoms with Gasteiger partial charge in [0.05, 0.1) is 26.4 Å². The summed E-state index contributed by atoms with van der Waals surface area (Å²) >= 11 is 0. The number of carbonyl (C=O) groups excluding carboxylic acids is 4. The van der Waals surface area contributed by atoms with Crippen molar-refractivity contribution in [2.45, 2.75) is 212 Å². The quantitative estimate of drug-likeness (QED) is 0.0284. The minimum absolute atomic E-state index is 0.359. The predicted octanol–water partition coefficient (Wildman–Crippen LogP) is 12.0. The molecule has 2 heterocycles. The van der Waals surface area contributed by atoms with E-state index >= 15 is 0 Å². The number of ether oxygens (including phenoxy) is 4. The number of anilines is 2. The minimum Gasteiger partial charge on any atom is -0.464 e. The summed E-state index contributed by atoms with van der Waals surface area (Å²) in [6.07, 6.45) is 27.0. The van der Waals surface area contributed by atoms with Crippen LogP contribution in [0.1, 0.15) is 193 Å². The maximum atomic E-state index is 13.3. The van der Waals surface area contributed by atoms with E-state index in [4.69, 9.17) is 18.9 Å².